The summed E-state index contributed by atoms with van der Waals surface area (Å²) >= 11 is 3.21. The summed E-state index contributed by atoms with van der Waals surface area (Å²) in [5, 5.41) is 0. The molecule has 0 radical (unpaired) electrons. The molecule has 0 nitrogen and oxygen atoms in total. The molecule has 1 atom stereocenters. The molecule has 1 heterocycles. The van der Waals surface area contributed by atoms with Gasteiger partial charge in [0.25, 0.3) is 0 Å². The van der Waals surface area contributed by atoms with Crippen molar-refractivity contribution < 1.29 is 44.5 Å². The van der Waals surface area contributed by atoms with E-state index < -0.39 is 19.7 Å². The van der Waals surface area contributed by atoms with Gasteiger partial charge in [-0.15, -0.1) is 0 Å². The molecule has 3 aliphatic rings. The van der Waals surface area contributed by atoms with Crippen LogP contribution in [0.25, 0.3) is 22.8 Å². The van der Waals surface area contributed by atoms with Gasteiger partial charge in [-0.25, -0.2) is 0 Å². The van der Waals surface area contributed by atoms with Gasteiger partial charge in [-0.2, -0.15) is 0 Å². The average Bonchev–Trinajstić information content (AvgIpc) is 3.36. The van der Waals surface area contributed by atoms with E-state index in [0.29, 0.717) is 4.16 Å². The number of alkyl halides is 1. The Morgan fingerprint density at radius 2 is 1.57 bits per heavy atom. The average molecular weight is 610 g/mol. The summed E-state index contributed by atoms with van der Waals surface area (Å²) in [4.78, 5) is 1.39. The molecule has 0 amide bonds. The Bertz CT molecular complexity index is 1270. The number of fused-ring (bicyclic) bond motifs is 6. The van der Waals surface area contributed by atoms with Crippen LogP contribution in [0.15, 0.2) is 71.6 Å². The van der Waals surface area contributed by atoms with Gasteiger partial charge in [0.2, 0.25) is 0 Å². The van der Waals surface area contributed by atoms with Crippen LogP contribution < -0.4 is 31.4 Å². The van der Waals surface area contributed by atoms with E-state index in [2.05, 4.69) is 88.7 Å². The van der Waals surface area contributed by atoms with Crippen LogP contribution in [0.3, 0.4) is 0 Å². The van der Waals surface area contributed by atoms with Crippen LogP contribution in [-0.4, -0.2) is 4.16 Å². The van der Waals surface area contributed by atoms with Gasteiger partial charge in [0, 0.05) is 0 Å². The summed E-state index contributed by atoms with van der Waals surface area (Å²) in [5.74, 6) is 0. The quantitative estimate of drug-likeness (QED) is 0.297. The topological polar surface area (TPSA) is 0 Å². The van der Waals surface area contributed by atoms with Crippen LogP contribution in [0.2, 0.25) is 0 Å². The normalized spacial score (nSPS) is 16.6. The molecule has 0 N–H and O–H groups in total. The van der Waals surface area contributed by atoms with Crippen molar-refractivity contribution in [2.45, 2.75) is 10.6 Å². The predicted octanol–water partition coefficient (Wildman–Crippen LogP) is 0.153. The number of thioether (sulfide) groups is 1. The van der Waals surface area contributed by atoms with Crippen molar-refractivity contribution in [1.82, 2.24) is 0 Å². The molecule has 2 aliphatic carbocycles. The second kappa shape index (κ2) is 8.89. The van der Waals surface area contributed by atoms with E-state index in [0.717, 1.165) is 6.42 Å². The second-order valence-corrected chi connectivity index (χ2v) is 16.8. The van der Waals surface area contributed by atoms with Crippen LogP contribution in [-0.2, 0) is 26.1 Å². The minimum atomic E-state index is -2.40. The van der Waals surface area contributed by atoms with Crippen LogP contribution in [0, 0.1) is 0 Å². The molecule has 0 spiro atoms. The molecule has 0 saturated heterocycles. The molecule has 0 fully saturated rings. The molecular weight excluding hydrogens is 594 g/mol. The second-order valence-electron chi connectivity index (χ2n) is 7.32. The zero-order chi connectivity index (χ0) is 18.8. The van der Waals surface area contributed by atoms with Crippen molar-refractivity contribution in [2.75, 3.05) is 0 Å². The van der Waals surface area contributed by atoms with E-state index >= 15 is 0 Å². The summed E-state index contributed by atoms with van der Waals surface area (Å²) in [6.45, 7) is 0. The van der Waals surface area contributed by atoms with Gasteiger partial charge in [-0.1, -0.05) is 0 Å². The Morgan fingerprint density at radius 1 is 0.867 bits per heavy atom. The monoisotopic (exact) mass is 606 g/mol. The minimum absolute atomic E-state index is 0. The molecule has 0 bridgehead atoms. The maximum absolute atomic E-state index is 6.35. The van der Waals surface area contributed by atoms with Crippen molar-refractivity contribution >= 4 is 54.7 Å². The third-order valence-electron chi connectivity index (χ3n) is 5.81. The molecule has 6 heteroatoms. The number of hydrogen-bond donors (Lipinski definition) is 0. The molecule has 30 heavy (non-hydrogen) atoms. The van der Waals surface area contributed by atoms with E-state index in [1.54, 1.807) is 0 Å². The van der Waals surface area contributed by atoms with Gasteiger partial charge >= 0.3 is 190 Å². The van der Waals surface area contributed by atoms with Crippen molar-refractivity contribution in [3.63, 3.8) is 0 Å². The Hall–Kier alpha value is -0.347. The Morgan fingerprint density at radius 3 is 2.40 bits per heavy atom. The summed E-state index contributed by atoms with van der Waals surface area (Å²) in [6, 6.07) is 22.4. The molecule has 3 aromatic rings. The van der Waals surface area contributed by atoms with Crippen LogP contribution in [0.1, 0.15) is 22.3 Å². The fourth-order valence-electron chi connectivity index (χ4n) is 4.57. The van der Waals surface area contributed by atoms with E-state index in [1.807, 2.05) is 11.8 Å². The fraction of sp³-hybridized carbons (Fsp3) is 0.0833. The Kier molecular flexibility index (Phi) is 6.76. The maximum atomic E-state index is 6.35. The van der Waals surface area contributed by atoms with Gasteiger partial charge in [-0.3, -0.25) is 0 Å². The first-order valence-corrected chi connectivity index (χ1v) is 17.0. The summed E-state index contributed by atoms with van der Waals surface area (Å²) < 4.78 is 3.33. The van der Waals surface area contributed by atoms with Crippen molar-refractivity contribution in [1.29, 1.82) is 0 Å². The molecule has 6 rings (SSSR count). The van der Waals surface area contributed by atoms with E-state index in [4.69, 9.17) is 8.86 Å². The SMILES string of the molecule is [Cl-].[Cl-].[S]=[Zr+2]([c]1cccc2c1C=C1SC(Br)C=C12)[c]1cccc2c1Cc1ccccc1-2. The van der Waals surface area contributed by atoms with Crippen molar-refractivity contribution in [3.05, 3.63) is 93.9 Å². The van der Waals surface area contributed by atoms with Gasteiger partial charge in [0.05, 0.1) is 0 Å². The molecule has 1 aliphatic heterocycles. The molecule has 0 aromatic heterocycles. The first kappa shape index (κ1) is 22.8. The number of halogens is 3. The zero-order valence-electron chi connectivity index (χ0n) is 15.7. The van der Waals surface area contributed by atoms with Gasteiger partial charge in [0.1, 0.15) is 0 Å². The van der Waals surface area contributed by atoms with Crippen molar-refractivity contribution in [3.8, 4) is 11.1 Å². The van der Waals surface area contributed by atoms with Gasteiger partial charge < -0.3 is 24.8 Å². The van der Waals surface area contributed by atoms with Crippen LogP contribution in [0.5, 0.6) is 0 Å². The first-order chi connectivity index (χ1) is 13.7. The van der Waals surface area contributed by atoms with Gasteiger partial charge in [0.15, 0.2) is 0 Å². The third kappa shape index (κ3) is 3.52. The molecule has 0 saturated carbocycles. The first-order valence-electron chi connectivity index (χ1n) is 9.33. The zero-order valence-corrected chi connectivity index (χ0v) is 22.9. The number of benzene rings is 3. The number of rotatable bonds is 2. The fourth-order valence-corrected chi connectivity index (χ4v) is 12.8. The predicted molar refractivity (Wildman–Crippen MR) is 124 cm³/mol. The third-order valence-corrected chi connectivity index (χ3v) is 14.8. The van der Waals surface area contributed by atoms with E-state index in [-0.39, 0.29) is 24.8 Å². The molecular formula is C24H15BrCl2S2Zr. The van der Waals surface area contributed by atoms with E-state index in [9.17, 15) is 0 Å². The molecule has 3 aromatic carbocycles. The summed E-state index contributed by atoms with van der Waals surface area (Å²) in [7, 11) is 6.35. The Labute approximate surface area is 212 Å². The summed E-state index contributed by atoms with van der Waals surface area (Å²) in [5.41, 5.74) is 9.89. The van der Waals surface area contributed by atoms with Gasteiger partial charge in [-0.05, 0) is 0 Å². The number of hydrogen-bond acceptors (Lipinski definition) is 2. The van der Waals surface area contributed by atoms with Crippen molar-refractivity contribution in [2.24, 2.45) is 0 Å². The standard InChI is InChI=1S/C13H9.C11H6BrS.2ClH.S.Zr/c1-3-7-12-10(5-1)9-11-6-2-4-8-13(11)12;12-11-6-9-8-4-2-1-3-7(8)5-10(9)13-11;;;;/h1-5,7-8H,9H2;1-2,4-6,11H;2*1H;;/q;;;;;+2/p-2. The van der Waals surface area contributed by atoms with Crippen LogP contribution in [0.4, 0.5) is 0 Å². The van der Waals surface area contributed by atoms with E-state index in [1.165, 1.54) is 50.4 Å². The molecule has 1 unspecified atom stereocenters. The van der Waals surface area contributed by atoms with Crippen LogP contribution >= 0.6 is 36.5 Å². The Balaban J connectivity index is 0.00000109. The molecule has 148 valence electrons. The number of allylic oxidation sites excluding steroid dienone is 1. The summed E-state index contributed by atoms with van der Waals surface area (Å²) in [6.07, 6.45) is 5.74.